The zero-order valence-corrected chi connectivity index (χ0v) is 19.4. The van der Waals surface area contributed by atoms with E-state index in [0.717, 1.165) is 11.3 Å². The second kappa shape index (κ2) is 9.06. The number of alkyl halides is 2. The van der Waals surface area contributed by atoms with Crippen molar-refractivity contribution in [2.75, 3.05) is 19.8 Å². The van der Waals surface area contributed by atoms with E-state index in [1.54, 1.807) is 32.0 Å². The topological polar surface area (TPSA) is 65.0 Å². The lowest BCUT2D eigenvalue weighted by Gasteiger charge is -2.25. The van der Waals surface area contributed by atoms with Crippen LogP contribution in [0.25, 0.3) is 10.1 Å². The Morgan fingerprint density at radius 1 is 1.21 bits per heavy atom. The summed E-state index contributed by atoms with van der Waals surface area (Å²) in [5, 5.41) is 10.3. The molecule has 1 aromatic heterocycles. The molecule has 0 unspecified atom stereocenters. The Morgan fingerprint density at radius 3 is 2.36 bits per heavy atom. The number of hydrogen-bond acceptors (Lipinski definition) is 6. The van der Waals surface area contributed by atoms with Crippen LogP contribution in [0.2, 0.25) is 0 Å². The molecule has 0 saturated heterocycles. The predicted octanol–water partition coefficient (Wildman–Crippen LogP) is 6.52. The molecule has 0 radical (unpaired) electrons. The molecule has 2 rings (SSSR count). The van der Waals surface area contributed by atoms with Gasteiger partial charge in [-0.25, -0.2) is 0 Å². The highest BCUT2D eigenvalue weighted by atomic mass is 79.9. The minimum absolute atomic E-state index is 0.153. The van der Waals surface area contributed by atoms with Crippen LogP contribution in [0.4, 0.5) is 8.78 Å². The van der Waals surface area contributed by atoms with Gasteiger partial charge in [-0.05, 0) is 61.8 Å². The molecule has 5 nitrogen and oxygen atoms in total. The van der Waals surface area contributed by atoms with Crippen molar-refractivity contribution in [2.24, 2.45) is 0 Å². The van der Waals surface area contributed by atoms with E-state index in [1.165, 1.54) is 13.8 Å². The molecule has 0 atom stereocenters. The van der Waals surface area contributed by atoms with E-state index in [1.807, 2.05) is 0 Å². The van der Waals surface area contributed by atoms with Crippen LogP contribution in [0.3, 0.4) is 0 Å². The molecule has 2 aromatic rings. The first-order valence-corrected chi connectivity index (χ1v) is 11.9. The number of rotatable bonds is 10. The molecule has 0 spiro atoms. The van der Waals surface area contributed by atoms with E-state index in [2.05, 4.69) is 15.9 Å². The summed E-state index contributed by atoms with van der Waals surface area (Å²) < 4.78 is 59.0. The van der Waals surface area contributed by atoms with Gasteiger partial charge in [-0.3, -0.25) is 4.57 Å². The lowest BCUT2D eigenvalue weighted by Crippen LogP contribution is -2.21. The van der Waals surface area contributed by atoms with E-state index in [9.17, 15) is 9.67 Å². The van der Waals surface area contributed by atoms with E-state index >= 15 is 8.78 Å². The van der Waals surface area contributed by atoms with Gasteiger partial charge in [-0.15, -0.1) is 11.3 Å². The summed E-state index contributed by atoms with van der Waals surface area (Å²) in [6, 6.07) is 4.96. The van der Waals surface area contributed by atoms with E-state index in [4.69, 9.17) is 13.8 Å². The molecule has 0 bridgehead atoms. The molecule has 0 aliphatic carbocycles. The van der Waals surface area contributed by atoms with E-state index < -0.39 is 23.7 Å². The molecule has 1 N–H and O–H groups in total. The van der Waals surface area contributed by atoms with Crippen molar-refractivity contribution in [2.45, 2.75) is 45.4 Å². The summed E-state index contributed by atoms with van der Waals surface area (Å²) in [6.07, 6.45) is 0.425. The monoisotopic (exact) mass is 500 g/mol. The lowest BCUT2D eigenvalue weighted by atomic mass is 10.1. The number of hydrogen-bond donors (Lipinski definition) is 1. The zero-order chi connectivity index (χ0) is 21.2. The van der Waals surface area contributed by atoms with Crippen molar-refractivity contribution in [3.8, 4) is 5.75 Å². The number of ether oxygens (including phenoxy) is 1. The van der Waals surface area contributed by atoms with E-state index in [0.29, 0.717) is 22.3 Å². The average molecular weight is 501 g/mol. The highest BCUT2D eigenvalue weighted by molar-refractivity contribution is 9.10. The van der Waals surface area contributed by atoms with Crippen molar-refractivity contribution >= 4 is 44.9 Å². The summed E-state index contributed by atoms with van der Waals surface area (Å²) >= 11 is 4.01. The van der Waals surface area contributed by atoms with Crippen molar-refractivity contribution < 1.29 is 32.2 Å². The molecule has 0 saturated carbocycles. The normalized spacial score (nSPS) is 13.3. The fraction of sp³-hybridized carbons (Fsp3) is 0.556. The van der Waals surface area contributed by atoms with Crippen LogP contribution in [0, 0.1) is 0 Å². The van der Waals surface area contributed by atoms with Crippen LogP contribution < -0.4 is 4.74 Å². The zero-order valence-electron chi connectivity index (χ0n) is 16.1. The maximum absolute atomic E-state index is 15.1. The van der Waals surface area contributed by atoms with Crippen molar-refractivity contribution in [1.82, 2.24) is 0 Å². The minimum Gasteiger partial charge on any atom is -0.493 e. The quantitative estimate of drug-likeness (QED) is 0.376. The summed E-state index contributed by atoms with van der Waals surface area (Å²) in [5.74, 6) is 0.498. The lowest BCUT2D eigenvalue weighted by molar-refractivity contribution is 0.0387. The Labute approximate surface area is 175 Å². The molecule has 158 valence electrons. The van der Waals surface area contributed by atoms with Gasteiger partial charge in [-0.2, -0.15) is 8.78 Å². The smallest absolute Gasteiger partial charge is 0.405 e. The molecule has 0 amide bonds. The van der Waals surface area contributed by atoms with Crippen LogP contribution >= 0.6 is 34.9 Å². The maximum Gasteiger partial charge on any atom is 0.405 e. The molecule has 10 heteroatoms. The van der Waals surface area contributed by atoms with Crippen molar-refractivity contribution in [1.29, 1.82) is 0 Å². The number of halogens is 3. The second-order valence-electron chi connectivity index (χ2n) is 6.69. The summed E-state index contributed by atoms with van der Waals surface area (Å²) in [6.45, 7) is 6.30. The summed E-state index contributed by atoms with van der Waals surface area (Å²) in [4.78, 5) is -0.415. The van der Waals surface area contributed by atoms with Crippen LogP contribution in [-0.2, 0) is 19.3 Å². The first-order chi connectivity index (χ1) is 12.9. The fourth-order valence-corrected chi connectivity index (χ4v) is 6.44. The molecule has 0 fully saturated rings. The van der Waals surface area contributed by atoms with Gasteiger partial charge in [0.25, 0.3) is 0 Å². The standard InChI is InChI=1S/C18H24BrF2O5PS/c1-5-25-27(23,26-6-2)18(20,21)16-15(19)13-8-7-12(11-14(13)28-16)24-10-9-17(3,4)22/h7-8,11,22H,5-6,9-10H2,1-4H3. The third-order valence-corrected chi connectivity index (χ3v) is 8.37. The van der Waals surface area contributed by atoms with Crippen molar-refractivity contribution in [3.63, 3.8) is 0 Å². The Morgan fingerprint density at radius 2 is 1.82 bits per heavy atom. The highest BCUT2D eigenvalue weighted by Gasteiger charge is 2.57. The Kier molecular flexibility index (Phi) is 7.67. The van der Waals surface area contributed by atoms with Crippen LogP contribution in [0.5, 0.6) is 5.75 Å². The largest absolute Gasteiger partial charge is 0.493 e. The molecule has 0 aliphatic heterocycles. The highest BCUT2D eigenvalue weighted by Crippen LogP contribution is 2.69. The number of fused-ring (bicyclic) bond motifs is 1. The molecule has 28 heavy (non-hydrogen) atoms. The first kappa shape index (κ1) is 23.7. The third kappa shape index (κ3) is 5.12. The van der Waals surface area contributed by atoms with Crippen LogP contribution in [0.1, 0.15) is 39.0 Å². The van der Waals surface area contributed by atoms with Crippen LogP contribution in [0.15, 0.2) is 22.7 Å². The molecule has 1 heterocycles. The van der Waals surface area contributed by atoms with Crippen LogP contribution in [-0.4, -0.2) is 30.5 Å². The Bertz CT molecular complexity index is 856. The fourth-order valence-electron chi connectivity index (χ4n) is 2.41. The van der Waals surface area contributed by atoms with Gasteiger partial charge in [0.1, 0.15) is 10.6 Å². The predicted molar refractivity (Wildman–Crippen MR) is 111 cm³/mol. The first-order valence-electron chi connectivity index (χ1n) is 8.80. The third-order valence-electron chi connectivity index (χ3n) is 3.80. The van der Waals surface area contributed by atoms with Gasteiger partial charge in [0, 0.05) is 21.0 Å². The molecule has 1 aromatic carbocycles. The number of benzene rings is 1. The number of thiophene rings is 1. The van der Waals surface area contributed by atoms with Gasteiger partial charge < -0.3 is 18.9 Å². The Hall–Kier alpha value is -0.570. The van der Waals surface area contributed by atoms with Gasteiger partial charge in [0.2, 0.25) is 0 Å². The second-order valence-corrected chi connectivity index (χ2v) is 10.6. The van der Waals surface area contributed by atoms with Gasteiger partial charge >= 0.3 is 13.3 Å². The van der Waals surface area contributed by atoms with Gasteiger partial charge in [0.05, 0.1) is 25.4 Å². The van der Waals surface area contributed by atoms with Gasteiger partial charge in [0.15, 0.2) is 0 Å². The summed E-state index contributed by atoms with van der Waals surface area (Å²) in [5.41, 5.74) is -4.66. The SMILES string of the molecule is CCOP(=O)(OCC)C(F)(F)c1sc2cc(OCCC(C)(C)O)ccc2c1Br. The molecular weight excluding hydrogens is 477 g/mol. The van der Waals surface area contributed by atoms with Crippen molar-refractivity contribution in [3.05, 3.63) is 27.5 Å². The molecule has 0 aliphatic rings. The maximum atomic E-state index is 15.1. The van der Waals surface area contributed by atoms with Gasteiger partial charge in [-0.1, -0.05) is 0 Å². The average Bonchev–Trinajstić information content (AvgIpc) is 2.91. The minimum atomic E-state index is -4.69. The summed E-state index contributed by atoms with van der Waals surface area (Å²) in [7, 11) is -4.69. The Balaban J connectivity index is 2.38. The molecular formula is C18H24BrF2O5PS. The number of aliphatic hydroxyl groups is 1. The van der Waals surface area contributed by atoms with E-state index in [-0.39, 0.29) is 24.3 Å².